The zero-order chi connectivity index (χ0) is 16.2. The Morgan fingerprint density at radius 3 is 2.57 bits per heavy atom. The normalized spacial score (nSPS) is 15.5. The van der Waals surface area contributed by atoms with E-state index in [0.29, 0.717) is 5.69 Å². The van der Waals surface area contributed by atoms with Crippen LogP contribution in [0.2, 0.25) is 0 Å². The Labute approximate surface area is 135 Å². The molecule has 5 heteroatoms. The van der Waals surface area contributed by atoms with Crippen molar-refractivity contribution >= 4 is 11.6 Å². The fourth-order valence-electron chi connectivity index (χ4n) is 2.91. The van der Waals surface area contributed by atoms with Crippen molar-refractivity contribution in [2.24, 2.45) is 0 Å². The number of carbonyl (C=O) groups excluding carboxylic acids is 1. The monoisotopic (exact) mass is 313 g/mol. The highest BCUT2D eigenvalue weighted by molar-refractivity contribution is 5.93. The third-order valence-corrected chi connectivity index (χ3v) is 4.25. The van der Waals surface area contributed by atoms with Gasteiger partial charge in [-0.25, -0.2) is 4.39 Å². The minimum Gasteiger partial charge on any atom is -0.371 e. The molecule has 1 amide bonds. The van der Waals surface area contributed by atoms with Crippen LogP contribution < -0.4 is 10.2 Å². The van der Waals surface area contributed by atoms with Crippen molar-refractivity contribution in [3.05, 3.63) is 59.7 Å². The Balaban J connectivity index is 1.56. The molecule has 0 spiro atoms. The number of rotatable bonds is 3. The predicted octanol–water partition coefficient (Wildman–Crippen LogP) is 2.93. The summed E-state index contributed by atoms with van der Waals surface area (Å²) in [4.78, 5) is 18.7. The van der Waals surface area contributed by atoms with Crippen LogP contribution in [-0.4, -0.2) is 30.0 Å². The number of anilines is 1. The number of benzene rings is 1. The highest BCUT2D eigenvalue weighted by atomic mass is 19.1. The molecule has 1 aromatic heterocycles. The van der Waals surface area contributed by atoms with E-state index in [1.165, 1.54) is 12.1 Å². The van der Waals surface area contributed by atoms with Gasteiger partial charge in [-0.2, -0.15) is 0 Å². The summed E-state index contributed by atoms with van der Waals surface area (Å²) >= 11 is 0. The minimum absolute atomic E-state index is 0.108. The highest BCUT2D eigenvalue weighted by Crippen LogP contribution is 2.20. The molecule has 120 valence electrons. The zero-order valence-corrected chi connectivity index (χ0v) is 13.1. The molecule has 4 nitrogen and oxygen atoms in total. The summed E-state index contributed by atoms with van der Waals surface area (Å²) < 4.78 is 13.0. The van der Waals surface area contributed by atoms with Gasteiger partial charge in [0.1, 0.15) is 11.5 Å². The SMILES string of the molecule is Cc1cccnc1C(=O)NC1CCN(c2ccc(F)cc2)CC1. The minimum atomic E-state index is -0.221. The predicted molar refractivity (Wildman–Crippen MR) is 88.1 cm³/mol. The van der Waals surface area contributed by atoms with Crippen LogP contribution in [0.3, 0.4) is 0 Å². The quantitative estimate of drug-likeness (QED) is 0.947. The summed E-state index contributed by atoms with van der Waals surface area (Å²) in [6.45, 7) is 3.58. The topological polar surface area (TPSA) is 45.2 Å². The number of aryl methyl sites for hydroxylation is 1. The molecule has 0 atom stereocenters. The van der Waals surface area contributed by atoms with E-state index in [1.807, 2.05) is 19.1 Å². The van der Waals surface area contributed by atoms with Gasteiger partial charge in [0.15, 0.2) is 0 Å². The molecule has 1 aliphatic rings. The van der Waals surface area contributed by atoms with Crippen molar-refractivity contribution in [2.75, 3.05) is 18.0 Å². The summed E-state index contributed by atoms with van der Waals surface area (Å²) in [5.74, 6) is -0.329. The lowest BCUT2D eigenvalue weighted by molar-refractivity contribution is 0.0925. The first-order valence-corrected chi connectivity index (χ1v) is 7.86. The number of pyridine rings is 1. The van der Waals surface area contributed by atoms with E-state index < -0.39 is 0 Å². The molecule has 1 saturated heterocycles. The van der Waals surface area contributed by atoms with Crippen LogP contribution in [0.15, 0.2) is 42.6 Å². The smallest absolute Gasteiger partial charge is 0.270 e. The summed E-state index contributed by atoms with van der Waals surface area (Å²) in [5, 5.41) is 3.07. The lowest BCUT2D eigenvalue weighted by Gasteiger charge is -2.34. The van der Waals surface area contributed by atoms with Crippen molar-refractivity contribution in [1.29, 1.82) is 0 Å². The molecule has 1 fully saturated rings. The average Bonchev–Trinajstić information content (AvgIpc) is 2.57. The fourth-order valence-corrected chi connectivity index (χ4v) is 2.91. The van der Waals surface area contributed by atoms with Gasteiger partial charge in [0.25, 0.3) is 5.91 Å². The van der Waals surface area contributed by atoms with Gasteiger partial charge in [0, 0.05) is 31.0 Å². The van der Waals surface area contributed by atoms with Gasteiger partial charge in [-0.1, -0.05) is 6.07 Å². The number of amides is 1. The number of nitrogens with one attached hydrogen (secondary N) is 1. The molecule has 0 aliphatic carbocycles. The molecule has 1 aromatic carbocycles. The molecule has 1 N–H and O–H groups in total. The van der Waals surface area contributed by atoms with E-state index in [4.69, 9.17) is 0 Å². The van der Waals surface area contributed by atoms with Crippen molar-refractivity contribution in [3.63, 3.8) is 0 Å². The van der Waals surface area contributed by atoms with Gasteiger partial charge < -0.3 is 10.2 Å². The zero-order valence-electron chi connectivity index (χ0n) is 13.1. The second-order valence-corrected chi connectivity index (χ2v) is 5.88. The van der Waals surface area contributed by atoms with E-state index in [2.05, 4.69) is 15.2 Å². The molecule has 0 bridgehead atoms. The molecule has 0 unspecified atom stereocenters. The molecule has 0 radical (unpaired) electrons. The van der Waals surface area contributed by atoms with Gasteiger partial charge in [0.2, 0.25) is 0 Å². The number of piperidine rings is 1. The second kappa shape index (κ2) is 6.77. The van der Waals surface area contributed by atoms with E-state index >= 15 is 0 Å². The standard InChI is InChI=1S/C18H20FN3O/c1-13-3-2-10-20-17(13)18(23)21-15-8-11-22(12-9-15)16-6-4-14(19)5-7-16/h2-7,10,15H,8-9,11-12H2,1H3,(H,21,23). The Bertz CT molecular complexity index is 679. The Morgan fingerprint density at radius 1 is 1.22 bits per heavy atom. The maximum atomic E-state index is 13.0. The molecule has 23 heavy (non-hydrogen) atoms. The van der Waals surface area contributed by atoms with Gasteiger partial charge in [-0.15, -0.1) is 0 Å². The summed E-state index contributed by atoms with van der Waals surface area (Å²) in [5.41, 5.74) is 2.40. The Kier molecular flexibility index (Phi) is 4.55. The van der Waals surface area contributed by atoms with Crippen molar-refractivity contribution in [3.8, 4) is 0 Å². The summed E-state index contributed by atoms with van der Waals surface area (Å²) in [6, 6.07) is 10.4. The maximum Gasteiger partial charge on any atom is 0.270 e. The molecule has 2 heterocycles. The maximum absolute atomic E-state index is 13.0. The van der Waals surface area contributed by atoms with E-state index in [-0.39, 0.29) is 17.8 Å². The molecular weight excluding hydrogens is 293 g/mol. The van der Waals surface area contributed by atoms with Crippen LogP contribution in [-0.2, 0) is 0 Å². The molecule has 0 saturated carbocycles. The lowest BCUT2D eigenvalue weighted by Crippen LogP contribution is -2.45. The van der Waals surface area contributed by atoms with Crippen LogP contribution >= 0.6 is 0 Å². The van der Waals surface area contributed by atoms with Crippen LogP contribution in [0.4, 0.5) is 10.1 Å². The number of hydrogen-bond acceptors (Lipinski definition) is 3. The van der Waals surface area contributed by atoms with Crippen LogP contribution in [0, 0.1) is 12.7 Å². The second-order valence-electron chi connectivity index (χ2n) is 5.88. The van der Waals surface area contributed by atoms with Crippen molar-refractivity contribution in [2.45, 2.75) is 25.8 Å². The average molecular weight is 313 g/mol. The number of halogens is 1. The molecular formula is C18H20FN3O. The summed E-state index contributed by atoms with van der Waals surface area (Å²) in [7, 11) is 0. The highest BCUT2D eigenvalue weighted by Gasteiger charge is 2.22. The van der Waals surface area contributed by atoms with Gasteiger partial charge >= 0.3 is 0 Å². The molecule has 2 aromatic rings. The van der Waals surface area contributed by atoms with Gasteiger partial charge in [-0.05, 0) is 55.7 Å². The fraction of sp³-hybridized carbons (Fsp3) is 0.333. The molecule has 1 aliphatic heterocycles. The number of hydrogen-bond donors (Lipinski definition) is 1. The van der Waals surface area contributed by atoms with Crippen molar-refractivity contribution in [1.82, 2.24) is 10.3 Å². The number of aromatic nitrogens is 1. The first kappa shape index (κ1) is 15.5. The van der Waals surface area contributed by atoms with Crippen LogP contribution in [0.25, 0.3) is 0 Å². The first-order valence-electron chi connectivity index (χ1n) is 7.86. The van der Waals surface area contributed by atoms with Crippen molar-refractivity contribution < 1.29 is 9.18 Å². The van der Waals surface area contributed by atoms with Crippen LogP contribution in [0.1, 0.15) is 28.9 Å². The van der Waals surface area contributed by atoms with E-state index in [0.717, 1.165) is 37.2 Å². The Hall–Kier alpha value is -2.43. The Morgan fingerprint density at radius 2 is 1.91 bits per heavy atom. The first-order chi connectivity index (χ1) is 11.1. The lowest BCUT2D eigenvalue weighted by atomic mass is 10.0. The number of carbonyl (C=O) groups is 1. The summed E-state index contributed by atoms with van der Waals surface area (Å²) in [6.07, 6.45) is 3.38. The van der Waals surface area contributed by atoms with E-state index in [9.17, 15) is 9.18 Å². The van der Waals surface area contributed by atoms with Gasteiger partial charge in [0.05, 0.1) is 0 Å². The van der Waals surface area contributed by atoms with Gasteiger partial charge in [-0.3, -0.25) is 9.78 Å². The van der Waals surface area contributed by atoms with Crippen LogP contribution in [0.5, 0.6) is 0 Å². The number of nitrogens with zero attached hydrogens (tertiary/aromatic N) is 2. The third-order valence-electron chi connectivity index (χ3n) is 4.25. The third kappa shape index (κ3) is 3.67. The molecule has 3 rings (SSSR count). The van der Waals surface area contributed by atoms with E-state index in [1.54, 1.807) is 18.3 Å². The largest absolute Gasteiger partial charge is 0.371 e.